The minimum atomic E-state index is -0.237. The van der Waals surface area contributed by atoms with E-state index in [2.05, 4.69) is 10.3 Å². The molecule has 4 nitrogen and oxygen atoms in total. The second-order valence-corrected chi connectivity index (χ2v) is 8.29. The third-order valence-corrected chi connectivity index (χ3v) is 6.06. The van der Waals surface area contributed by atoms with Crippen LogP contribution in [-0.2, 0) is 6.42 Å². The fraction of sp³-hybridized carbons (Fsp3) is 0.500. The molecule has 1 aliphatic heterocycles. The lowest BCUT2D eigenvalue weighted by Crippen LogP contribution is -2.45. The van der Waals surface area contributed by atoms with E-state index in [1.54, 1.807) is 12.1 Å². The van der Waals surface area contributed by atoms with Gasteiger partial charge in [-0.15, -0.1) is 36.2 Å². The number of carbonyl (C=O) groups is 1. The summed E-state index contributed by atoms with van der Waals surface area (Å²) in [4.78, 5) is 19.1. The molecule has 1 aromatic carbocycles. The van der Waals surface area contributed by atoms with Crippen molar-refractivity contribution in [2.75, 3.05) is 19.6 Å². The molecule has 1 aromatic heterocycles. The normalized spacial score (nSPS) is 17.0. The van der Waals surface area contributed by atoms with Gasteiger partial charge in [0.15, 0.2) is 0 Å². The molecule has 1 N–H and O–H groups in total. The summed E-state index contributed by atoms with van der Waals surface area (Å²) in [5, 5.41) is 6.38. The van der Waals surface area contributed by atoms with Crippen LogP contribution in [0.3, 0.4) is 0 Å². The fourth-order valence-corrected chi connectivity index (χ4v) is 4.17. The van der Waals surface area contributed by atoms with Gasteiger partial charge in [-0.25, -0.2) is 9.37 Å². The average molecular weight is 446 g/mol. The first-order valence-electron chi connectivity index (χ1n) is 9.39. The van der Waals surface area contributed by atoms with Crippen LogP contribution < -0.4 is 5.32 Å². The van der Waals surface area contributed by atoms with E-state index in [1.165, 1.54) is 36.3 Å². The first-order chi connectivity index (χ1) is 12.7. The molecule has 1 amide bonds. The zero-order valence-electron chi connectivity index (χ0n) is 15.6. The summed E-state index contributed by atoms with van der Waals surface area (Å²) in [5.41, 5.74) is 1.54. The van der Waals surface area contributed by atoms with E-state index in [4.69, 9.17) is 0 Å². The molecule has 8 heteroatoms. The zero-order valence-corrected chi connectivity index (χ0v) is 18.1. The lowest BCUT2D eigenvalue weighted by atomic mass is 10.0. The number of carbonyl (C=O) groups excluding carboxylic acids is 1. The van der Waals surface area contributed by atoms with Crippen molar-refractivity contribution in [1.29, 1.82) is 0 Å². The van der Waals surface area contributed by atoms with Crippen LogP contribution in [0.2, 0.25) is 0 Å². The van der Waals surface area contributed by atoms with E-state index in [1.807, 2.05) is 10.3 Å². The maximum Gasteiger partial charge on any atom is 0.273 e. The number of amides is 1. The third kappa shape index (κ3) is 6.14. The van der Waals surface area contributed by atoms with E-state index in [9.17, 15) is 9.18 Å². The van der Waals surface area contributed by atoms with E-state index in [-0.39, 0.29) is 36.5 Å². The molecule has 2 aromatic rings. The Hall–Kier alpha value is -1.21. The highest BCUT2D eigenvalue weighted by Crippen LogP contribution is 2.28. The smallest absolute Gasteiger partial charge is 0.273 e. The number of nitrogens with one attached hydrogen (secondary N) is 1. The van der Waals surface area contributed by atoms with E-state index >= 15 is 0 Å². The van der Waals surface area contributed by atoms with E-state index in [0.717, 1.165) is 49.0 Å². The second kappa shape index (κ2) is 10.5. The Morgan fingerprint density at radius 1 is 1.14 bits per heavy atom. The molecule has 1 saturated heterocycles. The molecule has 154 valence electrons. The molecule has 2 aliphatic rings. The highest BCUT2D eigenvalue weighted by molar-refractivity contribution is 7.09. The van der Waals surface area contributed by atoms with Crippen molar-refractivity contribution < 1.29 is 9.18 Å². The van der Waals surface area contributed by atoms with Crippen molar-refractivity contribution in [2.45, 2.75) is 38.1 Å². The van der Waals surface area contributed by atoms with Gasteiger partial charge in [-0.05, 0) is 55.8 Å². The van der Waals surface area contributed by atoms with E-state index < -0.39 is 0 Å². The maximum absolute atomic E-state index is 13.0. The SMILES string of the molecule is Cl.Cl.O=C(c1csc(Cc2ccc(F)cc2)n1)N1CCC(NCC2CC2)CC1. The highest BCUT2D eigenvalue weighted by atomic mass is 35.5. The number of rotatable bonds is 6. The molecule has 2 fully saturated rings. The number of hydrogen-bond donors (Lipinski definition) is 1. The molecule has 1 aliphatic carbocycles. The number of halogens is 3. The number of piperidine rings is 1. The quantitative estimate of drug-likeness (QED) is 0.719. The van der Waals surface area contributed by atoms with Crippen LogP contribution in [0.4, 0.5) is 4.39 Å². The number of thiazole rings is 1. The van der Waals surface area contributed by atoms with Gasteiger partial charge in [-0.1, -0.05) is 12.1 Å². The topological polar surface area (TPSA) is 45.2 Å². The second-order valence-electron chi connectivity index (χ2n) is 7.35. The van der Waals surface area contributed by atoms with Crippen LogP contribution in [0.25, 0.3) is 0 Å². The number of hydrogen-bond acceptors (Lipinski definition) is 4. The lowest BCUT2D eigenvalue weighted by Gasteiger charge is -2.32. The highest BCUT2D eigenvalue weighted by Gasteiger charge is 2.27. The van der Waals surface area contributed by atoms with Crippen molar-refractivity contribution in [3.63, 3.8) is 0 Å². The van der Waals surface area contributed by atoms with Gasteiger partial charge in [-0.2, -0.15) is 0 Å². The van der Waals surface area contributed by atoms with Gasteiger partial charge in [0.2, 0.25) is 0 Å². The van der Waals surface area contributed by atoms with Crippen LogP contribution >= 0.6 is 36.2 Å². The van der Waals surface area contributed by atoms with E-state index in [0.29, 0.717) is 18.2 Å². The van der Waals surface area contributed by atoms with Crippen LogP contribution in [0, 0.1) is 11.7 Å². The molecular formula is C20H26Cl2FN3OS. The lowest BCUT2D eigenvalue weighted by molar-refractivity contribution is 0.0699. The molecule has 2 heterocycles. The zero-order chi connectivity index (χ0) is 17.9. The number of nitrogens with zero attached hydrogens (tertiary/aromatic N) is 2. The Morgan fingerprint density at radius 3 is 2.46 bits per heavy atom. The van der Waals surface area contributed by atoms with Crippen molar-refractivity contribution in [3.8, 4) is 0 Å². The van der Waals surface area contributed by atoms with Crippen molar-refractivity contribution in [3.05, 3.63) is 51.7 Å². The number of benzene rings is 1. The first kappa shape index (κ1) is 23.1. The molecule has 4 rings (SSSR count). The fourth-order valence-electron chi connectivity index (χ4n) is 3.37. The van der Waals surface area contributed by atoms with Gasteiger partial charge in [-0.3, -0.25) is 4.79 Å². The maximum atomic E-state index is 13.0. The molecule has 1 saturated carbocycles. The summed E-state index contributed by atoms with van der Waals surface area (Å²) < 4.78 is 13.0. The number of aromatic nitrogens is 1. The van der Waals surface area contributed by atoms with Crippen molar-refractivity contribution in [1.82, 2.24) is 15.2 Å². The molecule has 0 radical (unpaired) electrons. The largest absolute Gasteiger partial charge is 0.337 e. The Kier molecular flexibility index (Phi) is 8.68. The Bertz CT molecular complexity index is 759. The standard InChI is InChI=1S/C20H24FN3OS.2ClH/c21-16-5-3-14(4-6-16)11-19-23-18(13-26-19)20(25)24-9-7-17(8-10-24)22-12-15-1-2-15;;/h3-6,13,15,17,22H,1-2,7-12H2;2*1H. The predicted molar refractivity (Wildman–Crippen MR) is 115 cm³/mol. The van der Waals surface area contributed by atoms with Crippen LogP contribution in [0.15, 0.2) is 29.6 Å². The molecule has 0 unspecified atom stereocenters. The average Bonchev–Trinajstić information content (AvgIpc) is 3.39. The Balaban J connectivity index is 0.00000140. The van der Waals surface area contributed by atoms with Crippen LogP contribution in [0.1, 0.15) is 46.7 Å². The van der Waals surface area contributed by atoms with Gasteiger partial charge in [0.25, 0.3) is 5.91 Å². The van der Waals surface area contributed by atoms with Gasteiger partial charge in [0, 0.05) is 30.9 Å². The Morgan fingerprint density at radius 2 is 1.82 bits per heavy atom. The summed E-state index contributed by atoms with van der Waals surface area (Å²) in [6, 6.07) is 6.98. The molecule has 0 atom stereocenters. The molecule has 0 bridgehead atoms. The predicted octanol–water partition coefficient (Wildman–Crippen LogP) is 4.32. The Labute approximate surface area is 181 Å². The summed E-state index contributed by atoms with van der Waals surface area (Å²) >= 11 is 1.50. The van der Waals surface area contributed by atoms with Crippen molar-refractivity contribution >= 4 is 42.1 Å². The summed E-state index contributed by atoms with van der Waals surface area (Å²) in [5.74, 6) is 0.690. The minimum absolute atomic E-state index is 0. The van der Waals surface area contributed by atoms with Crippen LogP contribution in [-0.4, -0.2) is 41.5 Å². The van der Waals surface area contributed by atoms with Gasteiger partial charge in [0.1, 0.15) is 11.5 Å². The molecule has 28 heavy (non-hydrogen) atoms. The summed E-state index contributed by atoms with van der Waals surface area (Å²) in [7, 11) is 0. The van der Waals surface area contributed by atoms with Gasteiger partial charge < -0.3 is 10.2 Å². The number of likely N-dealkylation sites (tertiary alicyclic amines) is 1. The molecular weight excluding hydrogens is 420 g/mol. The monoisotopic (exact) mass is 445 g/mol. The summed E-state index contributed by atoms with van der Waals surface area (Å²) in [6.07, 6.45) is 5.41. The third-order valence-electron chi connectivity index (χ3n) is 5.21. The molecule has 0 spiro atoms. The summed E-state index contributed by atoms with van der Waals surface area (Å²) in [6.45, 7) is 2.73. The van der Waals surface area contributed by atoms with Crippen LogP contribution in [0.5, 0.6) is 0 Å². The minimum Gasteiger partial charge on any atom is -0.337 e. The van der Waals surface area contributed by atoms with Crippen molar-refractivity contribution in [2.24, 2.45) is 5.92 Å². The van der Waals surface area contributed by atoms with Gasteiger partial charge in [0.05, 0.1) is 5.01 Å². The first-order valence-corrected chi connectivity index (χ1v) is 10.3. The van der Waals surface area contributed by atoms with Gasteiger partial charge >= 0.3 is 0 Å².